The number of rotatable bonds is 4. The van der Waals surface area contributed by atoms with Crippen LogP contribution in [0.5, 0.6) is 0 Å². The van der Waals surface area contributed by atoms with E-state index in [0.717, 1.165) is 13.1 Å². The third-order valence-electron chi connectivity index (χ3n) is 1.66. The molecule has 0 saturated heterocycles. The van der Waals surface area contributed by atoms with E-state index in [9.17, 15) is 0 Å². The molecule has 0 aliphatic carbocycles. The molecule has 5 heteroatoms. The predicted octanol–water partition coefficient (Wildman–Crippen LogP) is -3.84. The molecule has 1 radical (unpaired) electrons. The minimum atomic E-state index is 0. The predicted molar refractivity (Wildman–Crippen MR) is 60.1 cm³/mol. The van der Waals surface area contributed by atoms with E-state index in [-0.39, 0.29) is 53.0 Å². The van der Waals surface area contributed by atoms with Crippen LogP contribution in [0.25, 0.3) is 0 Å². The van der Waals surface area contributed by atoms with E-state index in [4.69, 9.17) is 0 Å². The molecule has 0 aliphatic rings. The van der Waals surface area contributed by atoms with Crippen molar-refractivity contribution in [2.45, 2.75) is 59.0 Å². The smallest absolute Gasteiger partial charge is 1.00 e. The zero-order valence-electron chi connectivity index (χ0n) is 11.2. The Labute approximate surface area is 124 Å². The molecule has 0 aromatic rings. The number of hydrogen-bond acceptors (Lipinski definition) is 2. The summed E-state index contributed by atoms with van der Waals surface area (Å²) in [5.74, 6) is 0. The van der Waals surface area contributed by atoms with Gasteiger partial charge in [0, 0.05) is 11.1 Å². The molecule has 0 aromatic heterocycles. The maximum Gasteiger partial charge on any atom is 2.00 e. The summed E-state index contributed by atoms with van der Waals surface area (Å²) in [5, 5.41) is 6.94. The molecule has 0 fully saturated rings. The fourth-order valence-electron chi connectivity index (χ4n) is 1.02. The monoisotopic (exact) mass is 319 g/mol. The fourth-order valence-corrected chi connectivity index (χ4v) is 1.02. The van der Waals surface area contributed by atoms with Crippen molar-refractivity contribution in [1.29, 1.82) is 0 Å². The minimum Gasteiger partial charge on any atom is -1.00 e. The molecule has 0 aromatic carbocycles. The summed E-state index contributed by atoms with van der Waals surface area (Å²) in [6.07, 6.45) is 1.19. The molecule has 0 saturated carbocycles. The molecule has 0 aliphatic heterocycles. The van der Waals surface area contributed by atoms with E-state index < -0.39 is 0 Å². The van der Waals surface area contributed by atoms with Gasteiger partial charge in [-0.3, -0.25) is 0 Å². The molecule has 105 valence electrons. The quantitative estimate of drug-likeness (QED) is 0.410. The average Bonchev–Trinajstić information content (AvgIpc) is 1.81. The van der Waals surface area contributed by atoms with Crippen molar-refractivity contribution in [2.24, 2.45) is 0 Å². The van der Waals surface area contributed by atoms with Gasteiger partial charge in [-0.15, -0.1) is 0 Å². The summed E-state index contributed by atoms with van der Waals surface area (Å²) >= 11 is 0. The standard InChI is InChI=1S/C11H26N2.2ClH.Cu/c1-10(2,3)12-8-7-9-13-11(4,5)6;;;/h12-13H,7-9H2,1-6H3;2*1H;/q;;;+2/p-2. The van der Waals surface area contributed by atoms with Crippen LogP contribution in [0.1, 0.15) is 48.0 Å². The Morgan fingerprint density at radius 1 is 0.688 bits per heavy atom. The topological polar surface area (TPSA) is 24.1 Å². The molecule has 0 heterocycles. The SMILES string of the molecule is CC(C)(C)NCCCNC(C)(C)C.[Cl-].[Cl-].[Cu+2]. The van der Waals surface area contributed by atoms with E-state index in [2.05, 4.69) is 52.2 Å². The number of nitrogens with one attached hydrogen (secondary N) is 2. The van der Waals surface area contributed by atoms with Gasteiger partial charge in [0.1, 0.15) is 0 Å². The number of halogens is 2. The second-order valence-corrected chi connectivity index (χ2v) is 5.71. The Morgan fingerprint density at radius 2 is 0.938 bits per heavy atom. The van der Waals surface area contributed by atoms with Gasteiger partial charge in [0.2, 0.25) is 0 Å². The van der Waals surface area contributed by atoms with Gasteiger partial charge in [-0.1, -0.05) is 0 Å². The van der Waals surface area contributed by atoms with Crippen LogP contribution in [0.15, 0.2) is 0 Å². The van der Waals surface area contributed by atoms with Crippen LogP contribution in [0.4, 0.5) is 0 Å². The summed E-state index contributed by atoms with van der Waals surface area (Å²) in [6, 6.07) is 0. The maximum absolute atomic E-state index is 3.47. The van der Waals surface area contributed by atoms with Crippen LogP contribution in [0.3, 0.4) is 0 Å². The summed E-state index contributed by atoms with van der Waals surface area (Å²) in [4.78, 5) is 0. The number of hydrogen-bond donors (Lipinski definition) is 2. The Hall–Kier alpha value is 1.02. The average molecular weight is 321 g/mol. The van der Waals surface area contributed by atoms with Crippen molar-refractivity contribution in [3.05, 3.63) is 0 Å². The normalized spacial score (nSPS) is 10.9. The first-order chi connectivity index (χ1) is 5.71. The van der Waals surface area contributed by atoms with Crippen molar-refractivity contribution in [3.8, 4) is 0 Å². The van der Waals surface area contributed by atoms with Gasteiger partial charge in [-0.05, 0) is 61.1 Å². The fraction of sp³-hybridized carbons (Fsp3) is 1.00. The zero-order chi connectivity index (χ0) is 10.5. The minimum absolute atomic E-state index is 0. The van der Waals surface area contributed by atoms with E-state index in [1.165, 1.54) is 6.42 Å². The molecule has 0 atom stereocenters. The first-order valence-electron chi connectivity index (χ1n) is 5.21. The Balaban J connectivity index is -0.000000240. The third-order valence-corrected chi connectivity index (χ3v) is 1.66. The molecular formula is C11H26Cl2CuN2. The molecule has 0 bridgehead atoms. The molecule has 0 unspecified atom stereocenters. The first-order valence-corrected chi connectivity index (χ1v) is 5.21. The van der Waals surface area contributed by atoms with Crippen LogP contribution in [0.2, 0.25) is 0 Å². The zero-order valence-corrected chi connectivity index (χ0v) is 13.6. The third kappa shape index (κ3) is 24.3. The molecule has 0 rings (SSSR count). The van der Waals surface area contributed by atoms with Crippen LogP contribution < -0.4 is 35.4 Å². The second-order valence-electron chi connectivity index (χ2n) is 5.71. The van der Waals surface area contributed by atoms with Crippen molar-refractivity contribution in [2.75, 3.05) is 13.1 Å². The largest absolute Gasteiger partial charge is 2.00 e. The van der Waals surface area contributed by atoms with E-state index in [1.54, 1.807) is 0 Å². The van der Waals surface area contributed by atoms with Gasteiger partial charge in [-0.25, -0.2) is 0 Å². The van der Waals surface area contributed by atoms with Gasteiger partial charge in [0.15, 0.2) is 0 Å². The Bertz CT molecular complexity index is 126. The van der Waals surface area contributed by atoms with E-state index in [1.807, 2.05) is 0 Å². The van der Waals surface area contributed by atoms with Gasteiger partial charge < -0.3 is 35.4 Å². The van der Waals surface area contributed by atoms with Crippen LogP contribution in [-0.2, 0) is 17.1 Å². The van der Waals surface area contributed by atoms with Crippen LogP contribution >= 0.6 is 0 Å². The van der Waals surface area contributed by atoms with Gasteiger partial charge >= 0.3 is 17.1 Å². The molecule has 16 heavy (non-hydrogen) atoms. The Kier molecular flexibility index (Phi) is 17.9. The van der Waals surface area contributed by atoms with Gasteiger partial charge in [-0.2, -0.15) is 0 Å². The second kappa shape index (κ2) is 11.1. The maximum atomic E-state index is 3.47. The van der Waals surface area contributed by atoms with E-state index in [0.29, 0.717) is 0 Å². The molecule has 2 nitrogen and oxygen atoms in total. The summed E-state index contributed by atoms with van der Waals surface area (Å²) in [7, 11) is 0. The van der Waals surface area contributed by atoms with Crippen molar-refractivity contribution < 1.29 is 41.9 Å². The van der Waals surface area contributed by atoms with Crippen molar-refractivity contribution in [3.63, 3.8) is 0 Å². The molecule has 2 N–H and O–H groups in total. The van der Waals surface area contributed by atoms with Crippen LogP contribution in [0, 0.1) is 0 Å². The van der Waals surface area contributed by atoms with Crippen molar-refractivity contribution >= 4 is 0 Å². The Morgan fingerprint density at radius 3 is 1.12 bits per heavy atom. The van der Waals surface area contributed by atoms with E-state index >= 15 is 0 Å². The van der Waals surface area contributed by atoms with Gasteiger partial charge in [0.25, 0.3) is 0 Å². The summed E-state index contributed by atoms with van der Waals surface area (Å²) in [5.41, 5.74) is 0.503. The summed E-state index contributed by atoms with van der Waals surface area (Å²) < 4.78 is 0. The molecular weight excluding hydrogens is 295 g/mol. The first kappa shape index (κ1) is 25.8. The molecule has 0 spiro atoms. The summed E-state index contributed by atoms with van der Waals surface area (Å²) in [6.45, 7) is 15.4. The molecule has 0 amide bonds. The van der Waals surface area contributed by atoms with Crippen molar-refractivity contribution in [1.82, 2.24) is 10.6 Å². The van der Waals surface area contributed by atoms with Gasteiger partial charge in [0.05, 0.1) is 0 Å². The van der Waals surface area contributed by atoms with Crippen LogP contribution in [-0.4, -0.2) is 24.2 Å².